The first kappa shape index (κ1) is 12.0. The summed E-state index contributed by atoms with van der Waals surface area (Å²) in [7, 11) is 0. The summed E-state index contributed by atoms with van der Waals surface area (Å²) >= 11 is 0.628. The molecule has 1 heterocycles. The van der Waals surface area contributed by atoms with Crippen molar-refractivity contribution in [3.8, 4) is 10.8 Å². The van der Waals surface area contributed by atoms with Crippen LogP contribution in [0.25, 0.3) is 0 Å². The molecule has 18 heavy (non-hydrogen) atoms. The molecule has 0 atom stereocenters. The van der Waals surface area contributed by atoms with Gasteiger partial charge < -0.3 is 4.74 Å². The van der Waals surface area contributed by atoms with Gasteiger partial charge in [-0.05, 0) is 23.5 Å². The normalized spacial score (nSPS) is 10.0. The highest BCUT2D eigenvalue weighted by molar-refractivity contribution is 7.17. The first-order chi connectivity index (χ1) is 8.58. The Morgan fingerprint density at radius 3 is 2.28 bits per heavy atom. The minimum atomic E-state index is -0.707. The summed E-state index contributed by atoms with van der Waals surface area (Å²) in [6, 6.07) is 9.26. The van der Waals surface area contributed by atoms with Crippen LogP contribution >= 0.6 is 11.3 Å². The Morgan fingerprint density at radius 2 is 1.72 bits per heavy atom. The van der Waals surface area contributed by atoms with Crippen molar-refractivity contribution in [3.63, 3.8) is 0 Å². The van der Waals surface area contributed by atoms with E-state index in [4.69, 9.17) is 4.74 Å². The molecule has 8 heteroatoms. The number of thiophene rings is 1. The summed E-state index contributed by atoms with van der Waals surface area (Å²) in [5.74, 6) is 0.386. The van der Waals surface area contributed by atoms with Gasteiger partial charge in [0, 0.05) is 0 Å². The van der Waals surface area contributed by atoms with Crippen molar-refractivity contribution in [3.05, 3.63) is 56.6 Å². The third kappa shape index (κ3) is 2.43. The number of para-hydroxylation sites is 1. The smallest absolute Gasteiger partial charge is 0.334 e. The van der Waals surface area contributed by atoms with Gasteiger partial charge in [-0.25, -0.2) is 0 Å². The van der Waals surface area contributed by atoms with E-state index in [1.165, 1.54) is 0 Å². The van der Waals surface area contributed by atoms with Crippen molar-refractivity contribution in [2.75, 3.05) is 0 Å². The molecule has 0 radical (unpaired) electrons. The van der Waals surface area contributed by atoms with Gasteiger partial charge in [-0.2, -0.15) is 0 Å². The van der Waals surface area contributed by atoms with Crippen molar-refractivity contribution in [2.24, 2.45) is 0 Å². The average molecular weight is 266 g/mol. The van der Waals surface area contributed by atoms with E-state index in [1.54, 1.807) is 30.3 Å². The minimum absolute atomic E-state index is 0.0992. The number of nitro groups is 2. The van der Waals surface area contributed by atoms with Crippen LogP contribution < -0.4 is 4.74 Å². The van der Waals surface area contributed by atoms with Crippen LogP contribution in [0.1, 0.15) is 0 Å². The third-order valence-electron chi connectivity index (χ3n) is 2.00. The van der Waals surface area contributed by atoms with E-state index in [-0.39, 0.29) is 10.1 Å². The van der Waals surface area contributed by atoms with Gasteiger partial charge in [0.05, 0.1) is 9.85 Å². The first-order valence-corrected chi connectivity index (χ1v) is 5.55. The Labute approximate surface area is 105 Å². The molecule has 2 aromatic rings. The van der Waals surface area contributed by atoms with Gasteiger partial charge in [0.25, 0.3) is 5.06 Å². The molecule has 0 aliphatic carbocycles. The lowest BCUT2D eigenvalue weighted by molar-refractivity contribution is -0.390. The third-order valence-corrected chi connectivity index (χ3v) is 2.95. The molecule has 0 unspecified atom stereocenters. The van der Waals surface area contributed by atoms with E-state index in [9.17, 15) is 20.2 Å². The molecule has 0 N–H and O–H groups in total. The Balaban J connectivity index is 2.37. The van der Waals surface area contributed by atoms with Crippen LogP contribution in [-0.2, 0) is 0 Å². The van der Waals surface area contributed by atoms with E-state index in [0.717, 1.165) is 6.07 Å². The maximum atomic E-state index is 10.8. The van der Waals surface area contributed by atoms with E-state index in [0.29, 0.717) is 17.1 Å². The van der Waals surface area contributed by atoms with Crippen LogP contribution in [0.5, 0.6) is 10.8 Å². The quantitative estimate of drug-likeness (QED) is 0.624. The summed E-state index contributed by atoms with van der Waals surface area (Å²) in [5.41, 5.74) is -0.407. The Morgan fingerprint density at radius 1 is 1.06 bits per heavy atom. The molecule has 0 amide bonds. The van der Waals surface area contributed by atoms with Gasteiger partial charge in [0.15, 0.2) is 0 Å². The second-order valence-electron chi connectivity index (χ2n) is 3.19. The molecule has 0 fully saturated rings. The van der Waals surface area contributed by atoms with Crippen LogP contribution in [0.15, 0.2) is 36.4 Å². The molecule has 0 spiro atoms. The van der Waals surface area contributed by atoms with Crippen molar-refractivity contribution in [1.82, 2.24) is 0 Å². The standard InChI is InChI=1S/C10H6N2O5S/c13-11(14)8-6-9(12(15)16)18-10(8)17-7-4-2-1-3-5-7/h1-6H. The van der Waals surface area contributed by atoms with Gasteiger partial charge in [-0.3, -0.25) is 20.2 Å². The SMILES string of the molecule is O=[N+]([O-])c1cc([N+](=O)[O-])c(Oc2ccccc2)s1. The lowest BCUT2D eigenvalue weighted by Gasteiger charge is -2.00. The van der Waals surface area contributed by atoms with Crippen molar-refractivity contribution in [2.45, 2.75) is 0 Å². The molecule has 0 aliphatic heterocycles. The van der Waals surface area contributed by atoms with Gasteiger partial charge in [0.2, 0.25) is 0 Å². The van der Waals surface area contributed by atoms with Gasteiger partial charge >= 0.3 is 10.7 Å². The molecule has 1 aromatic carbocycles. The second-order valence-corrected chi connectivity index (χ2v) is 4.18. The largest absolute Gasteiger partial charge is 0.440 e. The summed E-state index contributed by atoms with van der Waals surface area (Å²) in [6.45, 7) is 0. The zero-order valence-corrected chi connectivity index (χ0v) is 9.62. The number of rotatable bonds is 4. The molecule has 0 aliphatic rings. The maximum absolute atomic E-state index is 10.8. The van der Waals surface area contributed by atoms with Gasteiger partial charge in [-0.15, -0.1) is 0 Å². The van der Waals surface area contributed by atoms with Crippen LogP contribution in [0.4, 0.5) is 10.7 Å². The summed E-state index contributed by atoms with van der Waals surface area (Å²) in [6.07, 6.45) is 0. The highest BCUT2D eigenvalue weighted by Gasteiger charge is 2.26. The lowest BCUT2D eigenvalue weighted by Crippen LogP contribution is -1.89. The molecule has 0 saturated carbocycles. The fourth-order valence-corrected chi connectivity index (χ4v) is 2.05. The fraction of sp³-hybridized carbons (Fsp3) is 0. The van der Waals surface area contributed by atoms with Crippen LogP contribution in [0, 0.1) is 20.2 Å². The van der Waals surface area contributed by atoms with Crippen LogP contribution in [0.2, 0.25) is 0 Å². The Kier molecular flexibility index (Phi) is 3.20. The topological polar surface area (TPSA) is 95.5 Å². The average Bonchev–Trinajstić information content (AvgIpc) is 2.74. The predicted octanol–water partition coefficient (Wildman–Crippen LogP) is 3.36. The van der Waals surface area contributed by atoms with Crippen molar-refractivity contribution in [1.29, 1.82) is 0 Å². The summed E-state index contributed by atoms with van der Waals surface area (Å²) in [5, 5.41) is 20.9. The zero-order chi connectivity index (χ0) is 13.1. The molecule has 0 bridgehead atoms. The Bertz CT molecular complexity index is 596. The number of hydrogen-bond acceptors (Lipinski definition) is 6. The predicted molar refractivity (Wildman–Crippen MR) is 64.1 cm³/mol. The summed E-state index contributed by atoms with van der Waals surface area (Å²) in [4.78, 5) is 19.9. The summed E-state index contributed by atoms with van der Waals surface area (Å²) < 4.78 is 5.27. The van der Waals surface area contributed by atoms with E-state index in [2.05, 4.69) is 0 Å². The first-order valence-electron chi connectivity index (χ1n) is 4.73. The van der Waals surface area contributed by atoms with E-state index in [1.807, 2.05) is 0 Å². The van der Waals surface area contributed by atoms with E-state index >= 15 is 0 Å². The van der Waals surface area contributed by atoms with Crippen molar-refractivity contribution >= 4 is 22.0 Å². The highest BCUT2D eigenvalue weighted by Crippen LogP contribution is 2.43. The monoisotopic (exact) mass is 266 g/mol. The molecular weight excluding hydrogens is 260 g/mol. The molecule has 7 nitrogen and oxygen atoms in total. The number of ether oxygens (including phenoxy) is 1. The molecular formula is C10H6N2O5S. The number of benzene rings is 1. The van der Waals surface area contributed by atoms with Crippen LogP contribution in [0.3, 0.4) is 0 Å². The minimum Gasteiger partial charge on any atom is -0.440 e. The Hall–Kier alpha value is -2.48. The number of nitrogens with zero attached hydrogens (tertiary/aromatic N) is 2. The van der Waals surface area contributed by atoms with Gasteiger partial charge in [-0.1, -0.05) is 18.2 Å². The lowest BCUT2D eigenvalue weighted by atomic mass is 10.3. The number of hydrogen-bond donors (Lipinski definition) is 0. The molecule has 2 rings (SSSR count). The van der Waals surface area contributed by atoms with Crippen molar-refractivity contribution < 1.29 is 14.6 Å². The second kappa shape index (κ2) is 4.80. The van der Waals surface area contributed by atoms with Crippen LogP contribution in [-0.4, -0.2) is 9.85 Å². The molecule has 92 valence electrons. The fourth-order valence-electron chi connectivity index (χ4n) is 1.24. The van der Waals surface area contributed by atoms with Gasteiger partial charge in [0.1, 0.15) is 11.8 Å². The maximum Gasteiger partial charge on any atom is 0.334 e. The molecule has 0 saturated heterocycles. The molecule has 1 aromatic heterocycles. The highest BCUT2D eigenvalue weighted by atomic mass is 32.1. The zero-order valence-electron chi connectivity index (χ0n) is 8.81. The van der Waals surface area contributed by atoms with E-state index < -0.39 is 15.5 Å².